The number of hydrogen-bond donors (Lipinski definition) is 2. The lowest BCUT2D eigenvalue weighted by molar-refractivity contribution is -0.150. The van der Waals surface area contributed by atoms with E-state index in [-0.39, 0.29) is 49.2 Å². The maximum atomic E-state index is 14.6. The Bertz CT molecular complexity index is 1280. The molecular weight excluding hydrogens is 582 g/mol. The maximum absolute atomic E-state index is 14.6. The average molecular weight is 630 g/mol. The van der Waals surface area contributed by atoms with Crippen LogP contribution in [0.25, 0.3) is 0 Å². The van der Waals surface area contributed by atoms with Gasteiger partial charge in [-0.05, 0) is 69.8 Å². The Balaban J connectivity index is 1.52. The molecule has 1 aromatic carbocycles. The van der Waals surface area contributed by atoms with Crippen molar-refractivity contribution >= 4 is 43.4 Å². The van der Waals surface area contributed by atoms with Gasteiger partial charge in [-0.3, -0.25) is 19.2 Å². The zero-order valence-electron chi connectivity index (χ0n) is 26.4. The molecule has 1 spiro atoms. The zero-order chi connectivity index (χ0) is 31.8. The van der Waals surface area contributed by atoms with Gasteiger partial charge in [-0.1, -0.05) is 6.92 Å². The number of carbonyl (C=O) groups is 4. The lowest BCUT2D eigenvalue weighted by Gasteiger charge is -2.33. The summed E-state index contributed by atoms with van der Waals surface area (Å²) in [5.74, 6) is -1.09. The third-order valence-electron chi connectivity index (χ3n) is 10.1. The van der Waals surface area contributed by atoms with E-state index in [1.165, 1.54) is 7.11 Å². The summed E-state index contributed by atoms with van der Waals surface area (Å²) in [5, 5.41) is 9.83. The van der Waals surface area contributed by atoms with E-state index in [4.69, 9.17) is 9.47 Å². The lowest BCUT2D eigenvalue weighted by Crippen LogP contribution is -2.46. The number of nitrogens with zero attached hydrogens (tertiary/aromatic N) is 3. The number of piperidine rings is 1. The van der Waals surface area contributed by atoms with Gasteiger partial charge in [-0.2, -0.15) is 0 Å². The SMILES string of the molecule is COC(=O)CCCCN1C(=O)[C@]2(O[C@H](CC(=O)N3CCC[C@H]3CO)[C@@H]([Si](C)(C)O)[C@@H]2C)c2cc(N3CCCCC3=O)ccc21. The Morgan fingerprint density at radius 3 is 2.59 bits per heavy atom. The molecule has 0 saturated carbocycles. The number of hydrogen-bond acceptors (Lipinski definition) is 8. The molecule has 0 radical (unpaired) electrons. The number of fused-ring (bicyclic) bond motifs is 2. The van der Waals surface area contributed by atoms with Gasteiger partial charge >= 0.3 is 5.97 Å². The summed E-state index contributed by atoms with van der Waals surface area (Å²) in [6, 6.07) is 5.42. The van der Waals surface area contributed by atoms with E-state index in [0.29, 0.717) is 55.8 Å². The van der Waals surface area contributed by atoms with Crippen LogP contribution in [0.2, 0.25) is 18.6 Å². The number of aliphatic hydroxyl groups is 1. The molecule has 3 saturated heterocycles. The molecule has 11 nitrogen and oxygen atoms in total. The Hall–Kier alpha value is -2.80. The number of esters is 1. The smallest absolute Gasteiger partial charge is 0.305 e. The second-order valence-corrected chi connectivity index (χ2v) is 17.3. The van der Waals surface area contributed by atoms with Crippen LogP contribution in [0.3, 0.4) is 0 Å². The second kappa shape index (κ2) is 12.9. The molecule has 5 atom stereocenters. The first kappa shape index (κ1) is 32.6. The predicted molar refractivity (Wildman–Crippen MR) is 166 cm³/mol. The van der Waals surface area contributed by atoms with E-state index in [1.807, 2.05) is 38.2 Å². The lowest BCUT2D eigenvalue weighted by atomic mass is 9.82. The molecule has 44 heavy (non-hydrogen) atoms. The highest BCUT2D eigenvalue weighted by atomic mass is 28.4. The van der Waals surface area contributed by atoms with Crippen LogP contribution in [0.15, 0.2) is 18.2 Å². The summed E-state index contributed by atoms with van der Waals surface area (Å²) in [6.45, 7) is 7.02. The summed E-state index contributed by atoms with van der Waals surface area (Å²) in [7, 11) is -1.63. The Kier molecular flexibility index (Phi) is 9.55. The van der Waals surface area contributed by atoms with Crippen molar-refractivity contribution in [1.82, 2.24) is 4.90 Å². The number of unbranched alkanes of at least 4 members (excludes halogenated alkanes) is 1. The van der Waals surface area contributed by atoms with E-state index in [0.717, 1.165) is 25.7 Å². The number of aliphatic hydroxyl groups excluding tert-OH is 1. The van der Waals surface area contributed by atoms with Gasteiger partial charge in [0.05, 0.1) is 38.0 Å². The van der Waals surface area contributed by atoms with Crippen molar-refractivity contribution in [2.45, 2.75) is 101 Å². The number of benzene rings is 1. The molecule has 4 heterocycles. The normalized spacial score (nSPS) is 28.7. The van der Waals surface area contributed by atoms with Gasteiger partial charge in [0.25, 0.3) is 5.91 Å². The molecule has 5 rings (SSSR count). The number of likely N-dealkylation sites (tertiary alicyclic amines) is 1. The van der Waals surface area contributed by atoms with Crippen LogP contribution < -0.4 is 9.80 Å². The fourth-order valence-corrected chi connectivity index (χ4v) is 10.6. The molecule has 0 aromatic heterocycles. The molecule has 1 aromatic rings. The van der Waals surface area contributed by atoms with E-state index in [9.17, 15) is 29.1 Å². The van der Waals surface area contributed by atoms with Crippen LogP contribution in [0.1, 0.15) is 70.3 Å². The van der Waals surface area contributed by atoms with Crippen LogP contribution >= 0.6 is 0 Å². The highest BCUT2D eigenvalue weighted by Gasteiger charge is 2.66. The molecule has 12 heteroatoms. The number of methoxy groups -OCH3 is 1. The number of rotatable bonds is 10. The largest absolute Gasteiger partial charge is 0.469 e. The highest BCUT2D eigenvalue weighted by Crippen LogP contribution is 2.60. The van der Waals surface area contributed by atoms with Gasteiger partial charge in [-0.15, -0.1) is 0 Å². The van der Waals surface area contributed by atoms with E-state index in [1.54, 1.807) is 14.7 Å². The first-order valence-electron chi connectivity index (χ1n) is 16.1. The molecule has 3 amide bonds. The van der Waals surface area contributed by atoms with Crippen LogP contribution in [-0.2, 0) is 34.3 Å². The van der Waals surface area contributed by atoms with Crippen molar-refractivity contribution in [3.05, 3.63) is 23.8 Å². The summed E-state index contributed by atoms with van der Waals surface area (Å²) < 4.78 is 11.6. The standard InChI is InChI=1S/C32H47N3O8Si/c1-21-30(44(3,4)41)26(19-28(38)34-17-9-10-23(34)20-36)43-32(21)24-18-22(33-15-7-5-11-27(33)37)13-14-25(24)35(31(32)40)16-8-6-12-29(39)42-2/h13-14,18,21,23,26,30,36,41H,5-12,15-17,19-20H2,1-4H3/t21-,23-,26+,30-,32+/m0/s1. The molecule has 4 aliphatic rings. The van der Waals surface area contributed by atoms with Crippen LogP contribution in [0.5, 0.6) is 0 Å². The van der Waals surface area contributed by atoms with E-state index < -0.39 is 31.5 Å². The van der Waals surface area contributed by atoms with Gasteiger partial charge in [0, 0.05) is 55.2 Å². The topological polar surface area (TPSA) is 137 Å². The highest BCUT2D eigenvalue weighted by molar-refractivity contribution is 6.71. The number of ether oxygens (including phenoxy) is 2. The van der Waals surface area contributed by atoms with E-state index in [2.05, 4.69) is 0 Å². The summed E-state index contributed by atoms with van der Waals surface area (Å²) >= 11 is 0. The quantitative estimate of drug-likeness (QED) is 0.229. The maximum Gasteiger partial charge on any atom is 0.305 e. The fourth-order valence-electron chi connectivity index (χ4n) is 8.02. The molecular formula is C32H47N3O8Si. The summed E-state index contributed by atoms with van der Waals surface area (Å²) in [6.07, 6.45) is 4.47. The number of amides is 3. The third-order valence-corrected chi connectivity index (χ3v) is 12.6. The predicted octanol–water partition coefficient (Wildman–Crippen LogP) is 3.06. The third kappa shape index (κ3) is 5.81. The van der Waals surface area contributed by atoms with E-state index >= 15 is 0 Å². The molecule has 2 N–H and O–H groups in total. The minimum absolute atomic E-state index is 0.0102. The fraction of sp³-hybridized carbons (Fsp3) is 0.688. The van der Waals surface area contributed by atoms with Gasteiger partial charge in [-0.25, -0.2) is 0 Å². The van der Waals surface area contributed by atoms with Crippen LogP contribution in [0.4, 0.5) is 11.4 Å². The van der Waals surface area contributed by atoms with Gasteiger partial charge in [0.2, 0.25) is 11.8 Å². The molecule has 0 aliphatic carbocycles. The Morgan fingerprint density at radius 2 is 1.91 bits per heavy atom. The molecule has 0 bridgehead atoms. The molecule has 0 unspecified atom stereocenters. The summed E-state index contributed by atoms with van der Waals surface area (Å²) in [4.78, 5) is 69.6. The van der Waals surface area contributed by atoms with Gasteiger partial charge in [0.1, 0.15) is 0 Å². The zero-order valence-corrected chi connectivity index (χ0v) is 27.4. The minimum atomic E-state index is -2.99. The second-order valence-electron chi connectivity index (χ2n) is 13.3. The Labute approximate surface area is 260 Å². The molecule has 3 fully saturated rings. The monoisotopic (exact) mass is 629 g/mol. The first-order chi connectivity index (χ1) is 20.9. The van der Waals surface area contributed by atoms with Crippen molar-refractivity contribution in [1.29, 1.82) is 0 Å². The van der Waals surface area contributed by atoms with Crippen molar-refractivity contribution < 1.29 is 38.6 Å². The van der Waals surface area contributed by atoms with Crippen molar-refractivity contribution in [2.75, 3.05) is 43.2 Å². The summed E-state index contributed by atoms with van der Waals surface area (Å²) in [5.41, 5.74) is 0.209. The average Bonchev–Trinajstić information content (AvgIpc) is 3.65. The molecule has 4 aliphatic heterocycles. The minimum Gasteiger partial charge on any atom is -0.469 e. The van der Waals surface area contributed by atoms with Crippen LogP contribution in [-0.4, -0.2) is 92.3 Å². The number of anilines is 2. The Morgan fingerprint density at radius 1 is 1.14 bits per heavy atom. The van der Waals surface area contributed by atoms with Crippen molar-refractivity contribution in [2.24, 2.45) is 5.92 Å². The van der Waals surface area contributed by atoms with Crippen molar-refractivity contribution in [3.63, 3.8) is 0 Å². The van der Waals surface area contributed by atoms with Gasteiger partial charge < -0.3 is 34.1 Å². The van der Waals surface area contributed by atoms with Gasteiger partial charge in [0.15, 0.2) is 13.9 Å². The molecule has 242 valence electrons. The first-order valence-corrected chi connectivity index (χ1v) is 19.1. The van der Waals surface area contributed by atoms with Crippen LogP contribution in [0, 0.1) is 5.92 Å². The van der Waals surface area contributed by atoms with Crippen molar-refractivity contribution in [3.8, 4) is 0 Å². The number of carbonyl (C=O) groups excluding carboxylic acids is 4.